The van der Waals surface area contributed by atoms with Crippen LogP contribution >= 0.6 is 11.6 Å². The van der Waals surface area contributed by atoms with Gasteiger partial charge in [-0.3, -0.25) is 9.10 Å². The number of nitrogens with zero attached hydrogens (tertiary/aromatic N) is 1. The molecular formula is C21H18ClFN2O4S. The molecule has 0 aromatic heterocycles. The predicted octanol–water partition coefficient (Wildman–Crippen LogP) is 4.32. The highest BCUT2D eigenvalue weighted by Crippen LogP contribution is 2.25. The van der Waals surface area contributed by atoms with E-state index in [9.17, 15) is 17.6 Å². The molecule has 1 N–H and O–H groups in total. The van der Waals surface area contributed by atoms with Crippen molar-refractivity contribution in [1.82, 2.24) is 0 Å². The Morgan fingerprint density at radius 2 is 1.73 bits per heavy atom. The lowest BCUT2D eigenvalue weighted by atomic mass is 10.3. The lowest BCUT2D eigenvalue weighted by Gasteiger charge is -2.20. The van der Waals surface area contributed by atoms with Crippen molar-refractivity contribution in [2.75, 3.05) is 23.3 Å². The summed E-state index contributed by atoms with van der Waals surface area (Å²) in [6.07, 6.45) is 0. The Morgan fingerprint density at radius 3 is 2.37 bits per heavy atom. The predicted molar refractivity (Wildman–Crippen MR) is 114 cm³/mol. The van der Waals surface area contributed by atoms with E-state index in [1.165, 1.54) is 49.5 Å². The van der Waals surface area contributed by atoms with Crippen molar-refractivity contribution < 1.29 is 22.3 Å². The van der Waals surface area contributed by atoms with E-state index in [4.69, 9.17) is 16.3 Å². The third kappa shape index (κ3) is 5.28. The highest BCUT2D eigenvalue weighted by atomic mass is 35.5. The molecule has 3 aromatic carbocycles. The van der Waals surface area contributed by atoms with Gasteiger partial charge in [0.2, 0.25) is 0 Å². The Labute approximate surface area is 178 Å². The monoisotopic (exact) mass is 448 g/mol. The van der Waals surface area contributed by atoms with Gasteiger partial charge >= 0.3 is 0 Å². The lowest BCUT2D eigenvalue weighted by molar-refractivity contribution is -0.118. The normalized spacial score (nSPS) is 11.0. The molecule has 0 saturated carbocycles. The summed E-state index contributed by atoms with van der Waals surface area (Å²) in [5, 5.41) is 2.97. The molecule has 156 valence electrons. The highest BCUT2D eigenvalue weighted by molar-refractivity contribution is 7.92. The van der Waals surface area contributed by atoms with Gasteiger partial charge in [0.15, 0.2) is 6.61 Å². The molecule has 0 atom stereocenters. The fourth-order valence-corrected chi connectivity index (χ4v) is 3.89. The Bertz CT molecular complexity index is 1140. The minimum Gasteiger partial charge on any atom is -0.484 e. The molecule has 6 nitrogen and oxygen atoms in total. The van der Waals surface area contributed by atoms with Crippen molar-refractivity contribution in [2.45, 2.75) is 4.90 Å². The van der Waals surface area contributed by atoms with Crippen molar-refractivity contribution in [1.29, 1.82) is 0 Å². The Balaban J connectivity index is 1.61. The molecule has 0 spiro atoms. The molecule has 0 bridgehead atoms. The van der Waals surface area contributed by atoms with Crippen LogP contribution in [-0.2, 0) is 14.8 Å². The highest BCUT2D eigenvalue weighted by Gasteiger charge is 2.21. The van der Waals surface area contributed by atoms with E-state index >= 15 is 0 Å². The molecule has 0 aliphatic rings. The zero-order chi connectivity index (χ0) is 21.7. The number of anilines is 2. The fraction of sp³-hybridized carbons (Fsp3) is 0.0952. The number of rotatable bonds is 7. The van der Waals surface area contributed by atoms with Gasteiger partial charge < -0.3 is 10.1 Å². The molecule has 30 heavy (non-hydrogen) atoms. The largest absolute Gasteiger partial charge is 0.484 e. The molecule has 0 saturated heterocycles. The second kappa shape index (κ2) is 9.15. The molecule has 0 heterocycles. The Morgan fingerprint density at radius 1 is 1.07 bits per heavy atom. The van der Waals surface area contributed by atoms with Crippen LogP contribution in [0.2, 0.25) is 5.02 Å². The minimum atomic E-state index is -3.75. The number of nitrogens with one attached hydrogen (secondary N) is 1. The number of carbonyl (C=O) groups is 1. The summed E-state index contributed by atoms with van der Waals surface area (Å²) in [4.78, 5) is 12.0. The van der Waals surface area contributed by atoms with Gasteiger partial charge in [-0.15, -0.1) is 0 Å². The van der Waals surface area contributed by atoms with E-state index in [2.05, 4.69) is 5.32 Å². The molecule has 0 aliphatic carbocycles. The van der Waals surface area contributed by atoms with E-state index in [1.807, 2.05) is 0 Å². The summed E-state index contributed by atoms with van der Waals surface area (Å²) in [5.41, 5.74) is 0.745. The maximum absolute atomic E-state index is 13.1. The van der Waals surface area contributed by atoms with Gasteiger partial charge in [0.1, 0.15) is 11.6 Å². The zero-order valence-electron chi connectivity index (χ0n) is 15.9. The summed E-state index contributed by atoms with van der Waals surface area (Å²) < 4.78 is 45.1. The second-order valence-corrected chi connectivity index (χ2v) is 8.67. The van der Waals surface area contributed by atoms with E-state index in [1.54, 1.807) is 30.3 Å². The van der Waals surface area contributed by atoms with Crippen molar-refractivity contribution in [3.05, 3.63) is 83.6 Å². The van der Waals surface area contributed by atoms with Crippen molar-refractivity contribution in [3.8, 4) is 5.75 Å². The average molecular weight is 449 g/mol. The maximum atomic E-state index is 13.1. The third-order valence-corrected chi connectivity index (χ3v) is 6.20. The maximum Gasteiger partial charge on any atom is 0.264 e. The topological polar surface area (TPSA) is 75.7 Å². The molecule has 1 amide bonds. The van der Waals surface area contributed by atoms with E-state index in [0.717, 1.165) is 4.31 Å². The Hall–Kier alpha value is -3.10. The summed E-state index contributed by atoms with van der Waals surface area (Å²) in [6, 6.07) is 17.6. The number of hydrogen-bond acceptors (Lipinski definition) is 4. The van der Waals surface area contributed by atoms with Crippen LogP contribution in [0.5, 0.6) is 5.75 Å². The average Bonchev–Trinajstić information content (AvgIpc) is 2.72. The van der Waals surface area contributed by atoms with Gasteiger partial charge in [-0.1, -0.05) is 17.7 Å². The SMILES string of the molecule is CN(c1ccc(OCC(=O)Nc2cccc(F)c2)cc1)S(=O)(=O)c1ccc(Cl)cc1. The first kappa shape index (κ1) is 21.6. The first-order chi connectivity index (χ1) is 14.3. The van der Waals surface area contributed by atoms with E-state index < -0.39 is 21.7 Å². The first-order valence-corrected chi connectivity index (χ1v) is 10.6. The zero-order valence-corrected chi connectivity index (χ0v) is 17.5. The van der Waals surface area contributed by atoms with Crippen molar-refractivity contribution in [3.63, 3.8) is 0 Å². The summed E-state index contributed by atoms with van der Waals surface area (Å²) >= 11 is 5.81. The van der Waals surface area contributed by atoms with Gasteiger partial charge in [-0.2, -0.15) is 0 Å². The smallest absolute Gasteiger partial charge is 0.264 e. The molecule has 0 unspecified atom stereocenters. The van der Waals surface area contributed by atoms with Crippen molar-refractivity contribution in [2.24, 2.45) is 0 Å². The fourth-order valence-electron chi connectivity index (χ4n) is 2.57. The molecule has 0 aliphatic heterocycles. The summed E-state index contributed by atoms with van der Waals surface area (Å²) in [6.45, 7) is -0.283. The third-order valence-electron chi connectivity index (χ3n) is 4.15. The Kier molecular flexibility index (Phi) is 6.59. The van der Waals surface area contributed by atoms with Gasteiger partial charge in [-0.05, 0) is 66.7 Å². The number of carbonyl (C=O) groups excluding carboxylic acids is 1. The standard InChI is InChI=1S/C21H18ClFN2O4S/c1-25(30(27,28)20-11-5-15(22)6-12-20)18-7-9-19(10-8-18)29-14-21(26)24-17-4-2-3-16(23)13-17/h2-13H,14H2,1H3,(H,24,26). The van der Waals surface area contributed by atoms with Crippen LogP contribution in [0.15, 0.2) is 77.7 Å². The van der Waals surface area contributed by atoms with Crippen LogP contribution in [0.3, 0.4) is 0 Å². The van der Waals surface area contributed by atoms with E-state index in [0.29, 0.717) is 22.1 Å². The number of halogens is 2. The molecular weight excluding hydrogens is 431 g/mol. The van der Waals surface area contributed by atoms with Gasteiger partial charge in [0.05, 0.1) is 10.6 Å². The molecule has 3 rings (SSSR count). The summed E-state index contributed by atoms with van der Waals surface area (Å²) in [5.74, 6) is -0.528. The second-order valence-electron chi connectivity index (χ2n) is 6.27. The number of benzene rings is 3. The van der Waals surface area contributed by atoms with Crippen LogP contribution in [-0.4, -0.2) is 28.0 Å². The van der Waals surface area contributed by atoms with Gasteiger partial charge in [0, 0.05) is 17.8 Å². The number of ether oxygens (including phenoxy) is 1. The molecule has 3 aromatic rings. The minimum absolute atomic E-state index is 0.115. The molecule has 0 fully saturated rings. The van der Waals surface area contributed by atoms with E-state index in [-0.39, 0.29) is 11.5 Å². The van der Waals surface area contributed by atoms with Crippen LogP contribution < -0.4 is 14.4 Å². The number of amides is 1. The molecule has 9 heteroatoms. The quantitative estimate of drug-likeness (QED) is 0.584. The first-order valence-electron chi connectivity index (χ1n) is 8.78. The molecule has 0 radical (unpaired) electrons. The van der Waals surface area contributed by atoms with Crippen LogP contribution in [0.1, 0.15) is 0 Å². The van der Waals surface area contributed by atoms with Crippen molar-refractivity contribution >= 4 is 38.9 Å². The van der Waals surface area contributed by atoms with Crippen LogP contribution in [0.25, 0.3) is 0 Å². The summed E-state index contributed by atoms with van der Waals surface area (Å²) in [7, 11) is -2.31. The number of sulfonamides is 1. The lowest BCUT2D eigenvalue weighted by Crippen LogP contribution is -2.26. The van der Waals surface area contributed by atoms with Crippen LogP contribution in [0, 0.1) is 5.82 Å². The van der Waals surface area contributed by atoms with Gasteiger partial charge in [0.25, 0.3) is 15.9 Å². The van der Waals surface area contributed by atoms with Crippen LogP contribution in [0.4, 0.5) is 15.8 Å². The van der Waals surface area contributed by atoms with Gasteiger partial charge in [-0.25, -0.2) is 12.8 Å². The number of hydrogen-bond donors (Lipinski definition) is 1.